The summed E-state index contributed by atoms with van der Waals surface area (Å²) < 4.78 is 5.76. The summed E-state index contributed by atoms with van der Waals surface area (Å²) in [4.78, 5) is 21.8. The molecule has 6 heteroatoms. The van der Waals surface area contributed by atoms with Gasteiger partial charge in [0.1, 0.15) is 12.4 Å². The first-order valence-electron chi connectivity index (χ1n) is 13.1. The van der Waals surface area contributed by atoms with E-state index in [1.54, 1.807) is 0 Å². The van der Waals surface area contributed by atoms with E-state index in [1.165, 1.54) is 12.0 Å². The van der Waals surface area contributed by atoms with E-state index in [0.29, 0.717) is 12.6 Å². The molecule has 0 radical (unpaired) electrons. The van der Waals surface area contributed by atoms with Crippen molar-refractivity contribution in [3.63, 3.8) is 0 Å². The second-order valence-corrected chi connectivity index (χ2v) is 11.3. The summed E-state index contributed by atoms with van der Waals surface area (Å²) in [6, 6.07) is 20.6. The number of carbonyl (C=O) groups excluding carboxylic acids is 1. The molecule has 2 aromatic carbocycles. The smallest absolute Gasteiger partial charge is 0.308 e. The number of esters is 1. The molecule has 0 amide bonds. The molecule has 0 unspecified atom stereocenters. The number of ether oxygens (including phenoxy) is 1. The van der Waals surface area contributed by atoms with Crippen molar-refractivity contribution >= 4 is 23.4 Å². The number of carbonyl (C=O) groups is 1. The Morgan fingerprint density at radius 2 is 1.72 bits per heavy atom. The molecule has 2 aliphatic rings. The summed E-state index contributed by atoms with van der Waals surface area (Å²) in [6.07, 6.45) is 6.39. The van der Waals surface area contributed by atoms with Crippen LogP contribution in [0.5, 0.6) is 0 Å². The molecule has 0 spiro atoms. The normalized spacial score (nSPS) is 17.0. The third-order valence-corrected chi connectivity index (χ3v) is 7.29. The monoisotopic (exact) mass is 484 g/mol. The van der Waals surface area contributed by atoms with Crippen LogP contribution in [0.3, 0.4) is 0 Å². The van der Waals surface area contributed by atoms with Gasteiger partial charge < -0.3 is 15.4 Å². The number of benzene rings is 2. The maximum absolute atomic E-state index is 12.3. The van der Waals surface area contributed by atoms with Crippen LogP contribution in [0.25, 0.3) is 11.3 Å². The maximum atomic E-state index is 12.3. The largest absolute Gasteiger partial charge is 0.465 e. The number of aromatic nitrogens is 2. The fourth-order valence-corrected chi connectivity index (χ4v) is 4.84. The molecule has 2 fully saturated rings. The van der Waals surface area contributed by atoms with Crippen LogP contribution in [-0.4, -0.2) is 28.1 Å². The van der Waals surface area contributed by atoms with Crippen LogP contribution in [0.1, 0.15) is 64.9 Å². The Balaban J connectivity index is 1.33. The molecule has 188 valence electrons. The van der Waals surface area contributed by atoms with Crippen molar-refractivity contribution in [2.45, 2.75) is 70.3 Å². The van der Waals surface area contributed by atoms with Gasteiger partial charge in [0.05, 0.1) is 11.6 Å². The summed E-state index contributed by atoms with van der Waals surface area (Å²) in [5.74, 6) is 1.43. The van der Waals surface area contributed by atoms with Gasteiger partial charge in [0, 0.05) is 28.3 Å². The highest BCUT2D eigenvalue weighted by molar-refractivity contribution is 5.73. The molecular formula is C30H36N4O2. The van der Waals surface area contributed by atoms with E-state index in [4.69, 9.17) is 14.7 Å². The van der Waals surface area contributed by atoms with Crippen LogP contribution < -0.4 is 10.6 Å². The first-order chi connectivity index (χ1) is 17.3. The molecule has 2 N–H and O–H groups in total. The molecule has 2 saturated carbocycles. The van der Waals surface area contributed by atoms with Gasteiger partial charge in [-0.2, -0.15) is 4.98 Å². The molecule has 0 aliphatic heterocycles. The minimum Gasteiger partial charge on any atom is -0.465 e. The van der Waals surface area contributed by atoms with Gasteiger partial charge in [0.25, 0.3) is 0 Å². The first kappa shape index (κ1) is 24.3. The Kier molecular flexibility index (Phi) is 6.69. The Morgan fingerprint density at radius 1 is 1.00 bits per heavy atom. The van der Waals surface area contributed by atoms with Crippen molar-refractivity contribution in [2.75, 3.05) is 17.2 Å². The molecule has 5 rings (SSSR count). The van der Waals surface area contributed by atoms with E-state index in [-0.39, 0.29) is 22.8 Å². The van der Waals surface area contributed by atoms with Gasteiger partial charge in [-0.3, -0.25) is 4.79 Å². The maximum Gasteiger partial charge on any atom is 0.308 e. The number of nitrogens with one attached hydrogen (secondary N) is 2. The Morgan fingerprint density at radius 3 is 2.31 bits per heavy atom. The number of nitrogens with zero attached hydrogens (tertiary/aromatic N) is 2. The van der Waals surface area contributed by atoms with Crippen LogP contribution in [0, 0.1) is 5.92 Å². The lowest BCUT2D eigenvalue weighted by molar-refractivity contribution is -0.154. The van der Waals surface area contributed by atoms with Crippen LogP contribution in [-0.2, 0) is 14.9 Å². The van der Waals surface area contributed by atoms with E-state index in [1.807, 2.05) is 24.3 Å². The molecule has 1 heterocycles. The Hall–Kier alpha value is -3.41. The zero-order valence-electron chi connectivity index (χ0n) is 21.5. The molecule has 2 aliphatic carbocycles. The lowest BCUT2D eigenvalue weighted by Crippen LogP contribution is -2.40. The van der Waals surface area contributed by atoms with Crippen molar-refractivity contribution in [1.29, 1.82) is 0 Å². The van der Waals surface area contributed by atoms with Gasteiger partial charge in [-0.15, -0.1) is 0 Å². The molecule has 0 bridgehead atoms. The highest BCUT2D eigenvalue weighted by atomic mass is 16.5. The third-order valence-electron chi connectivity index (χ3n) is 7.29. The van der Waals surface area contributed by atoms with Gasteiger partial charge in [0.15, 0.2) is 0 Å². The van der Waals surface area contributed by atoms with E-state index < -0.39 is 0 Å². The molecule has 1 aromatic heterocycles. The van der Waals surface area contributed by atoms with Crippen molar-refractivity contribution in [3.05, 3.63) is 66.2 Å². The first-order valence-corrected chi connectivity index (χ1v) is 13.1. The predicted octanol–water partition coefficient (Wildman–Crippen LogP) is 6.86. The van der Waals surface area contributed by atoms with E-state index in [2.05, 4.69) is 67.8 Å². The number of anilines is 3. The molecular weight excluding hydrogens is 448 g/mol. The molecule has 6 nitrogen and oxygen atoms in total. The SMILES string of the molecule is CC(C)(C)Nc1cc(-c2ccccc2)nc(Nc2ccc(C3(COC(=O)C4CCC4)CCC3)cc2)n1. The second kappa shape index (κ2) is 9.92. The quantitative estimate of drug-likeness (QED) is 0.340. The summed E-state index contributed by atoms with van der Waals surface area (Å²) in [7, 11) is 0. The van der Waals surface area contributed by atoms with Crippen LogP contribution >= 0.6 is 0 Å². The Bertz CT molecular complexity index is 1190. The highest BCUT2D eigenvalue weighted by Crippen LogP contribution is 2.44. The zero-order valence-corrected chi connectivity index (χ0v) is 21.5. The molecule has 0 atom stereocenters. The fraction of sp³-hybridized carbons (Fsp3) is 0.433. The topological polar surface area (TPSA) is 76.1 Å². The predicted molar refractivity (Wildman–Crippen MR) is 144 cm³/mol. The van der Waals surface area contributed by atoms with E-state index in [9.17, 15) is 4.79 Å². The number of rotatable bonds is 8. The minimum absolute atomic E-state index is 0.0130. The lowest BCUT2D eigenvalue weighted by Gasteiger charge is -2.42. The summed E-state index contributed by atoms with van der Waals surface area (Å²) in [6.45, 7) is 6.83. The van der Waals surface area contributed by atoms with Crippen molar-refractivity contribution in [1.82, 2.24) is 9.97 Å². The third kappa shape index (κ3) is 5.53. The standard InChI is InChI=1S/C30H36N4O2/c1-29(2,3)34-26-19-25(21-9-5-4-6-10-21)32-28(33-26)31-24-15-13-23(14-16-24)30(17-8-18-30)20-36-27(35)22-11-7-12-22/h4-6,9-10,13-16,19,22H,7-8,11-12,17-18,20H2,1-3H3,(H2,31,32,33,34). The second-order valence-electron chi connectivity index (χ2n) is 11.3. The average Bonchev–Trinajstić information content (AvgIpc) is 2.77. The summed E-state index contributed by atoms with van der Waals surface area (Å²) >= 11 is 0. The molecule has 0 saturated heterocycles. The van der Waals surface area contributed by atoms with Crippen LogP contribution in [0.4, 0.5) is 17.5 Å². The van der Waals surface area contributed by atoms with E-state index >= 15 is 0 Å². The molecule has 36 heavy (non-hydrogen) atoms. The Labute approximate surface area is 213 Å². The summed E-state index contributed by atoms with van der Waals surface area (Å²) in [5.41, 5.74) is 3.88. The van der Waals surface area contributed by atoms with Crippen molar-refractivity contribution in [3.8, 4) is 11.3 Å². The van der Waals surface area contributed by atoms with Gasteiger partial charge >= 0.3 is 5.97 Å². The summed E-state index contributed by atoms with van der Waals surface area (Å²) in [5, 5.41) is 6.86. The molecule has 3 aromatic rings. The average molecular weight is 485 g/mol. The fourth-order valence-electron chi connectivity index (χ4n) is 4.84. The van der Waals surface area contributed by atoms with Gasteiger partial charge in [0.2, 0.25) is 5.95 Å². The lowest BCUT2D eigenvalue weighted by atomic mass is 9.65. The number of hydrogen-bond donors (Lipinski definition) is 2. The minimum atomic E-state index is -0.125. The van der Waals surface area contributed by atoms with Crippen LogP contribution in [0.15, 0.2) is 60.7 Å². The van der Waals surface area contributed by atoms with Crippen molar-refractivity contribution in [2.24, 2.45) is 5.92 Å². The van der Waals surface area contributed by atoms with Gasteiger partial charge in [-0.05, 0) is 64.2 Å². The van der Waals surface area contributed by atoms with Crippen LogP contribution in [0.2, 0.25) is 0 Å². The van der Waals surface area contributed by atoms with E-state index in [0.717, 1.165) is 54.9 Å². The zero-order chi connectivity index (χ0) is 25.2. The highest BCUT2D eigenvalue weighted by Gasteiger charge is 2.41. The van der Waals surface area contributed by atoms with Crippen molar-refractivity contribution < 1.29 is 9.53 Å². The van der Waals surface area contributed by atoms with Gasteiger partial charge in [-0.25, -0.2) is 4.98 Å². The number of hydrogen-bond acceptors (Lipinski definition) is 6. The van der Waals surface area contributed by atoms with Gasteiger partial charge in [-0.1, -0.05) is 55.3 Å².